The maximum Gasteiger partial charge on any atom is 0.242 e. The lowest BCUT2D eigenvalue weighted by Gasteiger charge is -2.28. The van der Waals surface area contributed by atoms with Gasteiger partial charge < -0.3 is 10.2 Å². The van der Waals surface area contributed by atoms with Gasteiger partial charge in [-0.2, -0.15) is 0 Å². The van der Waals surface area contributed by atoms with Crippen LogP contribution in [0.25, 0.3) is 0 Å². The van der Waals surface area contributed by atoms with Crippen molar-refractivity contribution in [3.8, 4) is 0 Å². The Hall–Kier alpha value is -2.33. The molecule has 2 aromatic carbocycles. The quantitative estimate of drug-likeness (QED) is 0.804. The third-order valence-corrected chi connectivity index (χ3v) is 4.83. The number of carbonyl (C=O) groups is 2. The highest BCUT2D eigenvalue weighted by Crippen LogP contribution is 2.19. The molecule has 2 aromatic rings. The van der Waals surface area contributed by atoms with Gasteiger partial charge in [-0.3, -0.25) is 9.59 Å². The van der Waals surface area contributed by atoms with E-state index in [9.17, 15) is 9.59 Å². The minimum Gasteiger partial charge on any atom is -0.357 e. The van der Waals surface area contributed by atoms with Crippen LogP contribution in [0.15, 0.2) is 48.5 Å². The molecule has 138 valence electrons. The Morgan fingerprint density at radius 2 is 1.77 bits per heavy atom. The molecule has 0 radical (unpaired) electrons. The van der Waals surface area contributed by atoms with Gasteiger partial charge in [0.15, 0.2) is 0 Å². The van der Waals surface area contributed by atoms with Gasteiger partial charge in [-0.1, -0.05) is 59.6 Å². The van der Waals surface area contributed by atoms with E-state index in [1.165, 1.54) is 5.56 Å². The second kappa shape index (κ2) is 9.39. The van der Waals surface area contributed by atoms with Crippen LogP contribution in [0.2, 0.25) is 5.02 Å². The summed E-state index contributed by atoms with van der Waals surface area (Å²) in [6, 6.07) is 14.9. The van der Waals surface area contributed by atoms with E-state index in [-0.39, 0.29) is 11.8 Å². The molecule has 0 unspecified atom stereocenters. The van der Waals surface area contributed by atoms with Crippen molar-refractivity contribution in [3.05, 3.63) is 70.2 Å². The summed E-state index contributed by atoms with van der Waals surface area (Å²) in [4.78, 5) is 26.6. The fourth-order valence-electron chi connectivity index (χ4n) is 2.75. The number of nitrogens with one attached hydrogen (secondary N) is 1. The van der Waals surface area contributed by atoms with Gasteiger partial charge in [0.1, 0.15) is 6.04 Å². The van der Waals surface area contributed by atoms with Crippen molar-refractivity contribution in [2.24, 2.45) is 0 Å². The van der Waals surface area contributed by atoms with E-state index in [1.807, 2.05) is 49.4 Å². The fourth-order valence-corrected chi connectivity index (χ4v) is 2.95. The number of amides is 2. The summed E-state index contributed by atoms with van der Waals surface area (Å²) in [7, 11) is 1.57. The van der Waals surface area contributed by atoms with Gasteiger partial charge >= 0.3 is 0 Å². The first kappa shape index (κ1) is 20.0. The summed E-state index contributed by atoms with van der Waals surface area (Å²) >= 11 is 6.24. The molecular weight excluding hydrogens is 348 g/mol. The maximum atomic E-state index is 12.9. The molecule has 4 nitrogen and oxygen atoms in total. The molecular formula is C21H25ClN2O2. The van der Waals surface area contributed by atoms with Gasteiger partial charge in [-0.15, -0.1) is 0 Å². The topological polar surface area (TPSA) is 49.4 Å². The molecule has 0 aliphatic heterocycles. The first-order valence-corrected chi connectivity index (χ1v) is 9.10. The molecule has 0 aromatic heterocycles. The van der Waals surface area contributed by atoms with E-state index in [0.717, 1.165) is 11.1 Å². The molecule has 0 spiro atoms. The second-order valence-corrected chi connectivity index (χ2v) is 6.80. The Morgan fingerprint density at radius 1 is 1.12 bits per heavy atom. The summed E-state index contributed by atoms with van der Waals surface area (Å²) in [6.45, 7) is 4.08. The molecule has 5 heteroatoms. The molecule has 26 heavy (non-hydrogen) atoms. The lowest BCUT2D eigenvalue weighted by atomic mass is 10.1. The highest BCUT2D eigenvalue weighted by atomic mass is 35.5. The monoisotopic (exact) mass is 372 g/mol. The minimum absolute atomic E-state index is 0.0680. The predicted molar refractivity (Wildman–Crippen MR) is 105 cm³/mol. The molecule has 0 heterocycles. The molecule has 0 aliphatic carbocycles. The van der Waals surface area contributed by atoms with Crippen LogP contribution in [0.4, 0.5) is 0 Å². The summed E-state index contributed by atoms with van der Waals surface area (Å²) in [6.07, 6.45) is 0.980. The Balaban J connectivity index is 2.13. The third kappa shape index (κ3) is 5.33. The molecule has 0 fully saturated rings. The van der Waals surface area contributed by atoms with Crippen LogP contribution in [0.3, 0.4) is 0 Å². The van der Waals surface area contributed by atoms with Crippen LogP contribution in [0.1, 0.15) is 30.0 Å². The van der Waals surface area contributed by atoms with Gasteiger partial charge in [-0.25, -0.2) is 0 Å². The van der Waals surface area contributed by atoms with Crippen molar-refractivity contribution in [1.29, 1.82) is 0 Å². The average Bonchev–Trinajstić information content (AvgIpc) is 2.65. The lowest BCUT2D eigenvalue weighted by Crippen LogP contribution is -2.46. The van der Waals surface area contributed by atoms with Crippen LogP contribution >= 0.6 is 11.6 Å². The Morgan fingerprint density at radius 3 is 2.38 bits per heavy atom. The number of likely N-dealkylation sites (N-methyl/N-ethyl adjacent to an activating group) is 1. The summed E-state index contributed by atoms with van der Waals surface area (Å²) in [5.74, 6) is -0.262. The van der Waals surface area contributed by atoms with Crippen molar-refractivity contribution >= 4 is 23.4 Å². The first-order valence-electron chi connectivity index (χ1n) is 8.72. The standard InChI is InChI=1S/C21H25ClN2O2/c1-15-8-10-17(11-9-15)12-13-20(25)24(16(2)21(26)23-3)14-18-6-4-5-7-19(18)22/h4-11,16H,12-14H2,1-3H3,(H,23,26)/t16-/m0/s1. The summed E-state index contributed by atoms with van der Waals surface area (Å²) in [5.41, 5.74) is 3.12. The van der Waals surface area contributed by atoms with Crippen LogP contribution in [-0.4, -0.2) is 29.8 Å². The van der Waals surface area contributed by atoms with E-state index in [2.05, 4.69) is 5.32 Å². The van der Waals surface area contributed by atoms with Crippen LogP contribution in [0, 0.1) is 6.92 Å². The number of aryl methyl sites for hydroxylation is 2. The smallest absolute Gasteiger partial charge is 0.242 e. The van der Waals surface area contributed by atoms with E-state index in [4.69, 9.17) is 11.6 Å². The zero-order valence-electron chi connectivity index (χ0n) is 15.5. The molecule has 0 aliphatic rings. The van der Waals surface area contributed by atoms with Crippen molar-refractivity contribution < 1.29 is 9.59 Å². The van der Waals surface area contributed by atoms with Crippen molar-refractivity contribution in [3.63, 3.8) is 0 Å². The van der Waals surface area contributed by atoms with Crippen LogP contribution < -0.4 is 5.32 Å². The number of nitrogens with zero attached hydrogens (tertiary/aromatic N) is 1. The van der Waals surface area contributed by atoms with Gasteiger partial charge in [0.25, 0.3) is 0 Å². The largest absolute Gasteiger partial charge is 0.357 e. The molecule has 0 saturated carbocycles. The molecule has 1 atom stereocenters. The SMILES string of the molecule is CNC(=O)[C@H](C)N(Cc1ccccc1Cl)C(=O)CCc1ccc(C)cc1. The highest BCUT2D eigenvalue weighted by molar-refractivity contribution is 6.31. The Bertz CT molecular complexity index is 759. The summed E-state index contributed by atoms with van der Waals surface area (Å²) in [5, 5.41) is 3.21. The first-order chi connectivity index (χ1) is 12.4. The maximum absolute atomic E-state index is 12.9. The van der Waals surface area contributed by atoms with Gasteiger partial charge in [0, 0.05) is 25.0 Å². The average molecular weight is 373 g/mol. The zero-order valence-corrected chi connectivity index (χ0v) is 16.2. The van der Waals surface area contributed by atoms with Crippen molar-refractivity contribution in [2.45, 2.75) is 39.3 Å². The number of rotatable bonds is 7. The van der Waals surface area contributed by atoms with E-state index in [0.29, 0.717) is 24.4 Å². The Kier molecular flexibility index (Phi) is 7.22. The van der Waals surface area contributed by atoms with E-state index >= 15 is 0 Å². The zero-order chi connectivity index (χ0) is 19.1. The number of hydrogen-bond donors (Lipinski definition) is 1. The molecule has 0 bridgehead atoms. The molecule has 1 N–H and O–H groups in total. The van der Waals surface area contributed by atoms with E-state index < -0.39 is 6.04 Å². The van der Waals surface area contributed by atoms with Crippen LogP contribution in [0.5, 0.6) is 0 Å². The fraction of sp³-hybridized carbons (Fsp3) is 0.333. The van der Waals surface area contributed by atoms with Crippen molar-refractivity contribution in [1.82, 2.24) is 10.2 Å². The van der Waals surface area contributed by atoms with E-state index in [1.54, 1.807) is 24.9 Å². The predicted octanol–water partition coefficient (Wildman–Crippen LogP) is 3.74. The summed E-state index contributed by atoms with van der Waals surface area (Å²) < 4.78 is 0. The Labute approximate surface area is 160 Å². The second-order valence-electron chi connectivity index (χ2n) is 6.39. The van der Waals surface area contributed by atoms with Crippen molar-refractivity contribution in [2.75, 3.05) is 7.05 Å². The van der Waals surface area contributed by atoms with Gasteiger partial charge in [-0.05, 0) is 37.5 Å². The number of benzene rings is 2. The highest BCUT2D eigenvalue weighted by Gasteiger charge is 2.25. The van der Waals surface area contributed by atoms with Gasteiger partial charge in [0.2, 0.25) is 11.8 Å². The molecule has 2 rings (SSSR count). The minimum atomic E-state index is -0.568. The lowest BCUT2D eigenvalue weighted by molar-refractivity contribution is -0.140. The molecule has 2 amide bonds. The molecule has 0 saturated heterocycles. The number of carbonyl (C=O) groups excluding carboxylic acids is 2. The third-order valence-electron chi connectivity index (χ3n) is 4.46. The van der Waals surface area contributed by atoms with Gasteiger partial charge in [0.05, 0.1) is 0 Å². The number of hydrogen-bond acceptors (Lipinski definition) is 2. The normalized spacial score (nSPS) is 11.7. The number of halogens is 1. The van der Waals surface area contributed by atoms with Crippen LogP contribution in [-0.2, 0) is 22.6 Å².